The van der Waals surface area contributed by atoms with Gasteiger partial charge in [-0.15, -0.1) is 0 Å². The van der Waals surface area contributed by atoms with E-state index in [2.05, 4.69) is 4.72 Å². The minimum atomic E-state index is -3.88. The van der Waals surface area contributed by atoms with Gasteiger partial charge in [0.15, 0.2) is 0 Å². The summed E-state index contributed by atoms with van der Waals surface area (Å²) in [5.74, 6) is -0.543. The van der Waals surface area contributed by atoms with E-state index < -0.39 is 50.5 Å². The van der Waals surface area contributed by atoms with Gasteiger partial charge in [0.2, 0.25) is 10.0 Å². The summed E-state index contributed by atoms with van der Waals surface area (Å²) >= 11 is 0. The number of rotatable bonds is 6. The topological polar surface area (TPSA) is 98.8 Å². The highest BCUT2D eigenvalue weighted by atomic mass is 32.2. The first-order valence-electron chi connectivity index (χ1n) is 9.96. The van der Waals surface area contributed by atoms with Gasteiger partial charge in [0.25, 0.3) is 0 Å². The summed E-state index contributed by atoms with van der Waals surface area (Å²) in [6, 6.07) is 12.9. The maximum Gasteiger partial charge on any atom is 0.303 e. The van der Waals surface area contributed by atoms with E-state index in [0.29, 0.717) is 4.90 Å². The summed E-state index contributed by atoms with van der Waals surface area (Å²) in [7, 11) is -5.40. The lowest BCUT2D eigenvalue weighted by molar-refractivity contribution is -0.165. The third-order valence-electron chi connectivity index (χ3n) is 5.10. The van der Waals surface area contributed by atoms with Crippen molar-refractivity contribution >= 4 is 26.8 Å². The summed E-state index contributed by atoms with van der Waals surface area (Å²) in [6.45, 7) is 6.74. The summed E-state index contributed by atoms with van der Waals surface area (Å²) in [5.41, 5.74) is 1.22. The Morgan fingerprint density at radius 2 is 1.61 bits per heavy atom. The number of ether oxygens (including phenoxy) is 2. The monoisotopic (exact) mass is 465 g/mol. The highest BCUT2D eigenvalue weighted by Crippen LogP contribution is 2.29. The van der Waals surface area contributed by atoms with Gasteiger partial charge in [-0.25, -0.2) is 13.1 Å². The fourth-order valence-corrected chi connectivity index (χ4v) is 6.10. The maximum atomic E-state index is 13.1. The molecule has 0 amide bonds. The molecule has 1 aliphatic rings. The van der Waals surface area contributed by atoms with Gasteiger partial charge in [-0.1, -0.05) is 35.4 Å². The van der Waals surface area contributed by atoms with Crippen LogP contribution in [-0.4, -0.2) is 42.3 Å². The molecule has 2 aromatic carbocycles. The quantitative estimate of drug-likeness (QED) is 0.659. The second-order valence-electron chi connectivity index (χ2n) is 7.73. The van der Waals surface area contributed by atoms with E-state index in [1.54, 1.807) is 31.2 Å². The zero-order chi connectivity index (χ0) is 22.8. The van der Waals surface area contributed by atoms with Crippen LogP contribution in [0.15, 0.2) is 58.3 Å². The van der Waals surface area contributed by atoms with Crippen molar-refractivity contribution in [3.63, 3.8) is 0 Å². The van der Waals surface area contributed by atoms with Crippen molar-refractivity contribution in [2.24, 2.45) is 0 Å². The summed E-state index contributed by atoms with van der Waals surface area (Å²) < 4.78 is 53.0. The first-order valence-corrected chi connectivity index (χ1v) is 12.7. The molecule has 9 heteroatoms. The Labute approximate surface area is 185 Å². The van der Waals surface area contributed by atoms with E-state index in [1.165, 1.54) is 19.1 Å². The van der Waals surface area contributed by atoms with E-state index in [9.17, 15) is 17.4 Å². The molecular formula is C22H27NO6S2. The Hall–Kier alpha value is -2.07. The highest BCUT2D eigenvalue weighted by Gasteiger charge is 2.43. The standard InChI is InChI=1S/C22H27NO6S2/c1-14-5-9-18(10-6-14)30(25)21-13-20(22(16(3)28-21)29-17(4)24)23-31(26,27)19-11-7-15(2)8-12-19/h5-12,16,20-23H,13H2,1-4H3/t16-,20+,21?,22-,30?/m0/s1. The van der Waals surface area contributed by atoms with Crippen molar-refractivity contribution < 1.29 is 26.9 Å². The molecule has 3 rings (SSSR count). The number of aryl methyl sites for hydroxylation is 2. The Kier molecular flexibility index (Phi) is 7.31. The number of benzene rings is 2. The molecule has 1 heterocycles. The first kappa shape index (κ1) is 23.6. The van der Waals surface area contributed by atoms with Gasteiger partial charge >= 0.3 is 5.97 Å². The molecule has 1 N–H and O–H groups in total. The molecule has 168 valence electrons. The van der Waals surface area contributed by atoms with E-state index in [-0.39, 0.29) is 11.3 Å². The molecule has 31 heavy (non-hydrogen) atoms. The number of sulfonamides is 1. The van der Waals surface area contributed by atoms with Crippen LogP contribution in [0.1, 0.15) is 31.4 Å². The van der Waals surface area contributed by atoms with Crippen LogP contribution >= 0.6 is 0 Å². The number of carbonyl (C=O) groups excluding carboxylic acids is 1. The minimum absolute atomic E-state index is 0.0911. The lowest BCUT2D eigenvalue weighted by Crippen LogP contribution is -2.56. The van der Waals surface area contributed by atoms with E-state index in [4.69, 9.17) is 9.47 Å². The fraction of sp³-hybridized carbons (Fsp3) is 0.409. The predicted molar refractivity (Wildman–Crippen MR) is 117 cm³/mol. The van der Waals surface area contributed by atoms with Crippen LogP contribution in [0.2, 0.25) is 0 Å². The Bertz CT molecular complexity index is 1050. The molecule has 2 aromatic rings. The average Bonchev–Trinajstić information content (AvgIpc) is 2.70. The third kappa shape index (κ3) is 5.79. The third-order valence-corrected chi connectivity index (χ3v) is 8.13. The molecule has 0 radical (unpaired) electrons. The zero-order valence-corrected chi connectivity index (χ0v) is 19.5. The van der Waals surface area contributed by atoms with Gasteiger partial charge in [-0.05, 0) is 45.0 Å². The SMILES string of the molecule is CC(=O)O[C@H]1[C@H](C)OC(S(=O)c2ccc(C)cc2)C[C@H]1NS(=O)(=O)c1ccc(C)cc1. The fourth-order valence-electron chi connectivity index (χ4n) is 3.47. The molecule has 7 nitrogen and oxygen atoms in total. The second-order valence-corrected chi connectivity index (χ2v) is 11.0. The molecule has 0 bridgehead atoms. The smallest absolute Gasteiger partial charge is 0.303 e. The Balaban J connectivity index is 1.87. The van der Waals surface area contributed by atoms with Crippen molar-refractivity contribution in [1.82, 2.24) is 4.72 Å². The van der Waals surface area contributed by atoms with E-state index in [1.807, 2.05) is 26.0 Å². The molecule has 1 aliphatic heterocycles. The normalized spacial score (nSPS) is 25.0. The molecule has 0 aromatic heterocycles. The number of hydrogen-bond acceptors (Lipinski definition) is 6. The van der Waals surface area contributed by atoms with Crippen molar-refractivity contribution in [1.29, 1.82) is 0 Å². The summed E-state index contributed by atoms with van der Waals surface area (Å²) in [6.07, 6.45) is -1.40. The van der Waals surface area contributed by atoms with Gasteiger partial charge in [0.05, 0.1) is 27.8 Å². The molecule has 0 spiro atoms. The van der Waals surface area contributed by atoms with Crippen LogP contribution < -0.4 is 4.72 Å². The van der Waals surface area contributed by atoms with Crippen LogP contribution in [0, 0.1) is 13.8 Å². The minimum Gasteiger partial charge on any atom is -0.458 e. The van der Waals surface area contributed by atoms with Crippen LogP contribution in [0.4, 0.5) is 0 Å². The maximum absolute atomic E-state index is 13.1. The van der Waals surface area contributed by atoms with E-state index >= 15 is 0 Å². The van der Waals surface area contributed by atoms with Crippen molar-refractivity contribution in [3.05, 3.63) is 59.7 Å². The second kappa shape index (κ2) is 9.60. The highest BCUT2D eigenvalue weighted by molar-refractivity contribution is 7.89. The van der Waals surface area contributed by atoms with Crippen LogP contribution in [0.25, 0.3) is 0 Å². The largest absolute Gasteiger partial charge is 0.458 e. The molecule has 1 fully saturated rings. The Morgan fingerprint density at radius 1 is 1.06 bits per heavy atom. The number of nitrogens with one attached hydrogen (secondary N) is 1. The van der Waals surface area contributed by atoms with Gasteiger partial charge in [0.1, 0.15) is 11.5 Å². The summed E-state index contributed by atoms with van der Waals surface area (Å²) in [5, 5.41) is 0. The van der Waals surface area contributed by atoms with E-state index in [0.717, 1.165) is 11.1 Å². The number of carbonyl (C=O) groups is 1. The molecule has 0 aliphatic carbocycles. The Morgan fingerprint density at radius 3 is 2.16 bits per heavy atom. The van der Waals surface area contributed by atoms with Gasteiger partial charge in [0, 0.05) is 18.2 Å². The lowest BCUT2D eigenvalue weighted by Gasteiger charge is -2.39. The lowest BCUT2D eigenvalue weighted by atomic mass is 10.0. The van der Waals surface area contributed by atoms with Crippen molar-refractivity contribution in [2.75, 3.05) is 0 Å². The van der Waals surface area contributed by atoms with Crippen molar-refractivity contribution in [2.45, 2.75) is 67.6 Å². The summed E-state index contributed by atoms with van der Waals surface area (Å²) in [4.78, 5) is 12.3. The zero-order valence-electron chi connectivity index (χ0n) is 17.9. The molecule has 0 saturated carbocycles. The van der Waals surface area contributed by atoms with Gasteiger partial charge in [-0.3, -0.25) is 9.00 Å². The first-order chi connectivity index (χ1) is 14.6. The number of hydrogen-bond donors (Lipinski definition) is 1. The van der Waals surface area contributed by atoms with Crippen molar-refractivity contribution in [3.8, 4) is 0 Å². The van der Waals surface area contributed by atoms with Gasteiger partial charge in [-0.2, -0.15) is 0 Å². The van der Waals surface area contributed by atoms with Crippen LogP contribution in [0.3, 0.4) is 0 Å². The predicted octanol–water partition coefficient (Wildman–Crippen LogP) is 2.82. The molecule has 5 atom stereocenters. The van der Waals surface area contributed by atoms with Gasteiger partial charge < -0.3 is 9.47 Å². The van der Waals surface area contributed by atoms with Crippen LogP contribution in [0.5, 0.6) is 0 Å². The molecule has 1 saturated heterocycles. The molecular weight excluding hydrogens is 438 g/mol. The van der Waals surface area contributed by atoms with Crippen LogP contribution in [-0.2, 0) is 35.1 Å². The molecule has 2 unspecified atom stereocenters. The number of esters is 1. The average molecular weight is 466 g/mol.